The monoisotopic (exact) mass is 369 g/mol. The Morgan fingerprint density at radius 3 is 2.80 bits per heavy atom. The molecule has 0 saturated heterocycles. The van der Waals surface area contributed by atoms with Crippen LogP contribution in [0.4, 0.5) is 5.13 Å². The maximum absolute atomic E-state index is 5.91. The first-order valence-electron chi connectivity index (χ1n) is 7.59. The summed E-state index contributed by atoms with van der Waals surface area (Å²) < 4.78 is 5.60. The molecular weight excluding hydrogens is 354 g/mol. The zero-order chi connectivity index (χ0) is 17.5. The van der Waals surface area contributed by atoms with Gasteiger partial charge in [0.25, 0.3) is 0 Å². The Labute approximate surface area is 155 Å². The zero-order valence-electron chi connectivity index (χ0n) is 13.4. The molecule has 0 aliphatic carbocycles. The molecule has 0 radical (unpaired) electrons. The van der Waals surface area contributed by atoms with Crippen molar-refractivity contribution in [2.24, 2.45) is 5.10 Å². The quantitative estimate of drug-likeness (QED) is 0.341. The van der Waals surface area contributed by atoms with E-state index in [4.69, 9.17) is 16.3 Å². The van der Waals surface area contributed by atoms with Crippen LogP contribution in [0.1, 0.15) is 5.56 Å². The normalized spacial score (nSPS) is 10.8. The lowest BCUT2D eigenvalue weighted by Gasteiger charge is -2.05. The molecule has 0 fully saturated rings. The lowest BCUT2D eigenvalue weighted by atomic mass is 10.2. The van der Waals surface area contributed by atoms with Crippen molar-refractivity contribution in [1.82, 2.24) is 4.98 Å². The average molecular weight is 370 g/mol. The SMILES string of the molecule is C=CCOc1ccccc1/C=N\Nc1nc(-c2ccc(Cl)cc2)cs1. The standard InChI is InChI=1S/C19H16ClN3OS/c1-2-11-24-18-6-4-3-5-15(18)12-21-23-19-22-17(13-25-19)14-7-9-16(20)10-8-14/h2-10,12-13H,1,11H2,(H,22,23)/b21-12-. The molecule has 0 atom stereocenters. The van der Waals surface area contributed by atoms with Crippen molar-refractivity contribution < 1.29 is 4.74 Å². The number of halogens is 1. The number of para-hydroxylation sites is 1. The highest BCUT2D eigenvalue weighted by atomic mass is 35.5. The summed E-state index contributed by atoms with van der Waals surface area (Å²) in [5.41, 5.74) is 5.73. The van der Waals surface area contributed by atoms with Crippen molar-refractivity contribution >= 4 is 34.3 Å². The second-order valence-corrected chi connectivity index (χ2v) is 6.35. The number of nitrogens with one attached hydrogen (secondary N) is 1. The number of ether oxygens (including phenoxy) is 1. The van der Waals surface area contributed by atoms with Crippen molar-refractivity contribution in [3.63, 3.8) is 0 Å². The first-order chi connectivity index (χ1) is 12.3. The Kier molecular flexibility index (Phi) is 5.82. The largest absolute Gasteiger partial charge is 0.489 e. The average Bonchev–Trinajstić information content (AvgIpc) is 3.10. The van der Waals surface area contributed by atoms with E-state index >= 15 is 0 Å². The smallest absolute Gasteiger partial charge is 0.203 e. The molecule has 0 aliphatic rings. The molecule has 25 heavy (non-hydrogen) atoms. The lowest BCUT2D eigenvalue weighted by Crippen LogP contribution is -1.97. The number of benzene rings is 2. The van der Waals surface area contributed by atoms with E-state index in [-0.39, 0.29) is 0 Å². The maximum Gasteiger partial charge on any atom is 0.203 e. The molecule has 0 unspecified atom stereocenters. The number of hydrogen-bond acceptors (Lipinski definition) is 5. The van der Waals surface area contributed by atoms with Gasteiger partial charge in [0.05, 0.1) is 11.9 Å². The van der Waals surface area contributed by atoms with Crippen molar-refractivity contribution in [1.29, 1.82) is 0 Å². The van der Waals surface area contributed by atoms with Gasteiger partial charge in [0.1, 0.15) is 12.4 Å². The van der Waals surface area contributed by atoms with Crippen LogP contribution in [0.3, 0.4) is 0 Å². The second-order valence-electron chi connectivity index (χ2n) is 5.05. The summed E-state index contributed by atoms with van der Waals surface area (Å²) in [6.45, 7) is 4.11. The van der Waals surface area contributed by atoms with E-state index in [9.17, 15) is 0 Å². The fourth-order valence-corrected chi connectivity index (χ4v) is 2.90. The van der Waals surface area contributed by atoms with Crippen LogP contribution in [0.15, 0.2) is 71.7 Å². The third-order valence-electron chi connectivity index (χ3n) is 3.28. The highest BCUT2D eigenvalue weighted by Crippen LogP contribution is 2.26. The number of nitrogens with zero attached hydrogens (tertiary/aromatic N) is 2. The molecule has 0 aliphatic heterocycles. The Hall–Kier alpha value is -2.63. The van der Waals surface area contributed by atoms with Crippen LogP contribution < -0.4 is 10.2 Å². The van der Waals surface area contributed by atoms with Crippen LogP contribution >= 0.6 is 22.9 Å². The number of anilines is 1. The molecule has 4 nitrogen and oxygen atoms in total. The van der Waals surface area contributed by atoms with Gasteiger partial charge in [0.15, 0.2) is 0 Å². The van der Waals surface area contributed by atoms with Crippen LogP contribution in [0, 0.1) is 0 Å². The molecule has 1 heterocycles. The van der Waals surface area contributed by atoms with Crippen molar-refractivity contribution in [2.45, 2.75) is 0 Å². The minimum atomic E-state index is 0.454. The maximum atomic E-state index is 5.91. The molecule has 0 saturated carbocycles. The van der Waals surface area contributed by atoms with Gasteiger partial charge in [-0.1, -0.05) is 48.5 Å². The third-order valence-corrected chi connectivity index (χ3v) is 4.28. The molecule has 3 rings (SSSR count). The summed E-state index contributed by atoms with van der Waals surface area (Å²) in [6, 6.07) is 15.3. The van der Waals surface area contributed by atoms with Crippen molar-refractivity contribution in [3.8, 4) is 17.0 Å². The first kappa shape index (κ1) is 17.2. The predicted octanol–water partition coefficient (Wildman–Crippen LogP) is 5.47. The van der Waals surface area contributed by atoms with Crippen LogP contribution in [0.25, 0.3) is 11.3 Å². The fraction of sp³-hybridized carbons (Fsp3) is 0.0526. The molecule has 2 aromatic carbocycles. The molecule has 0 spiro atoms. The summed E-state index contributed by atoms with van der Waals surface area (Å²) in [5, 5.41) is 7.64. The minimum Gasteiger partial charge on any atom is -0.489 e. The molecular formula is C19H16ClN3OS. The van der Waals surface area contributed by atoms with Gasteiger partial charge in [-0.2, -0.15) is 5.10 Å². The van der Waals surface area contributed by atoms with Gasteiger partial charge in [0, 0.05) is 21.5 Å². The van der Waals surface area contributed by atoms with Crippen molar-refractivity contribution in [3.05, 3.63) is 77.2 Å². The van der Waals surface area contributed by atoms with E-state index in [0.29, 0.717) is 16.8 Å². The van der Waals surface area contributed by atoms with E-state index in [2.05, 4.69) is 22.1 Å². The highest BCUT2D eigenvalue weighted by Gasteiger charge is 2.04. The molecule has 126 valence electrons. The second kappa shape index (κ2) is 8.46. The lowest BCUT2D eigenvalue weighted by molar-refractivity contribution is 0.363. The van der Waals surface area contributed by atoms with Gasteiger partial charge in [-0.05, 0) is 24.3 Å². The third kappa shape index (κ3) is 4.68. The molecule has 3 aromatic rings. The van der Waals surface area contributed by atoms with Gasteiger partial charge < -0.3 is 4.74 Å². The van der Waals surface area contributed by atoms with E-state index < -0.39 is 0 Å². The van der Waals surface area contributed by atoms with Crippen LogP contribution in [-0.4, -0.2) is 17.8 Å². The molecule has 1 N–H and O–H groups in total. The summed E-state index contributed by atoms with van der Waals surface area (Å²) in [5.74, 6) is 0.758. The number of rotatable bonds is 7. The molecule has 6 heteroatoms. The summed E-state index contributed by atoms with van der Waals surface area (Å²) >= 11 is 7.40. The Morgan fingerprint density at radius 2 is 2.00 bits per heavy atom. The Balaban J connectivity index is 1.67. The van der Waals surface area contributed by atoms with Crippen LogP contribution in [0.2, 0.25) is 5.02 Å². The van der Waals surface area contributed by atoms with E-state index in [1.807, 2.05) is 53.9 Å². The van der Waals surface area contributed by atoms with Gasteiger partial charge in [0.2, 0.25) is 5.13 Å². The number of aromatic nitrogens is 1. The van der Waals surface area contributed by atoms with Gasteiger partial charge in [-0.3, -0.25) is 5.43 Å². The molecule has 0 amide bonds. The Morgan fingerprint density at radius 1 is 1.20 bits per heavy atom. The topological polar surface area (TPSA) is 46.5 Å². The van der Waals surface area contributed by atoms with Crippen LogP contribution in [-0.2, 0) is 0 Å². The van der Waals surface area contributed by atoms with Gasteiger partial charge in [-0.25, -0.2) is 4.98 Å². The van der Waals surface area contributed by atoms with Crippen molar-refractivity contribution in [2.75, 3.05) is 12.0 Å². The van der Waals surface area contributed by atoms with E-state index in [1.165, 1.54) is 11.3 Å². The Bertz CT molecular complexity index is 874. The number of hydrogen-bond donors (Lipinski definition) is 1. The highest BCUT2D eigenvalue weighted by molar-refractivity contribution is 7.14. The summed E-state index contributed by atoms with van der Waals surface area (Å²) in [6.07, 6.45) is 3.42. The van der Waals surface area contributed by atoms with Crippen LogP contribution in [0.5, 0.6) is 5.75 Å². The number of thiazole rings is 1. The minimum absolute atomic E-state index is 0.454. The summed E-state index contributed by atoms with van der Waals surface area (Å²) in [4.78, 5) is 4.52. The molecule has 0 bridgehead atoms. The fourth-order valence-electron chi connectivity index (χ4n) is 2.10. The van der Waals surface area contributed by atoms with Gasteiger partial charge in [-0.15, -0.1) is 11.3 Å². The zero-order valence-corrected chi connectivity index (χ0v) is 14.9. The molecule has 1 aromatic heterocycles. The first-order valence-corrected chi connectivity index (χ1v) is 8.85. The van der Waals surface area contributed by atoms with E-state index in [0.717, 1.165) is 22.6 Å². The predicted molar refractivity (Wildman–Crippen MR) is 106 cm³/mol. The number of hydrazone groups is 1. The van der Waals surface area contributed by atoms with Gasteiger partial charge >= 0.3 is 0 Å². The van der Waals surface area contributed by atoms with E-state index in [1.54, 1.807) is 12.3 Å². The summed E-state index contributed by atoms with van der Waals surface area (Å²) in [7, 11) is 0.